The fourth-order valence-corrected chi connectivity index (χ4v) is 2.60. The molecule has 0 bridgehead atoms. The average molecular weight is 469 g/mol. The lowest BCUT2D eigenvalue weighted by atomic mass is 9.91. The maximum atomic E-state index is 13.7. The summed E-state index contributed by atoms with van der Waals surface area (Å²) in [6.07, 6.45) is -4.72. The van der Waals surface area contributed by atoms with Crippen molar-refractivity contribution in [3.63, 3.8) is 0 Å². The molecule has 2 N–H and O–H groups in total. The number of anilines is 1. The Labute approximate surface area is 168 Å². The van der Waals surface area contributed by atoms with Crippen LogP contribution in [0.25, 0.3) is 0 Å². The Balaban J connectivity index is 2.54. The molecular formula is C18H18BrClF3NO3. The second-order valence-electron chi connectivity index (χ2n) is 7.19. The largest absolute Gasteiger partial charge is 0.444 e. The minimum absolute atomic E-state index is 0.0735. The summed E-state index contributed by atoms with van der Waals surface area (Å²) in [4.78, 5) is 12.0. The summed E-state index contributed by atoms with van der Waals surface area (Å²) in [5.74, 6) is 4.20. The van der Waals surface area contributed by atoms with Gasteiger partial charge >= 0.3 is 12.3 Å². The van der Waals surface area contributed by atoms with Gasteiger partial charge in [-0.25, -0.2) is 4.79 Å². The second-order valence-corrected chi connectivity index (χ2v) is 8.45. The molecule has 9 heteroatoms. The quantitative estimate of drug-likeness (QED) is 0.555. The van der Waals surface area contributed by atoms with Crippen molar-refractivity contribution < 1.29 is 27.8 Å². The predicted molar refractivity (Wildman–Crippen MR) is 99.5 cm³/mol. The summed E-state index contributed by atoms with van der Waals surface area (Å²) < 4.78 is 46.5. The monoisotopic (exact) mass is 467 g/mol. The molecule has 0 radical (unpaired) electrons. The molecule has 1 atom stereocenters. The van der Waals surface area contributed by atoms with Crippen molar-refractivity contribution in [1.82, 2.24) is 0 Å². The van der Waals surface area contributed by atoms with Crippen LogP contribution in [0, 0.1) is 17.8 Å². The molecule has 148 valence electrons. The lowest BCUT2D eigenvalue weighted by Crippen LogP contribution is -2.42. The van der Waals surface area contributed by atoms with Crippen molar-refractivity contribution in [3.8, 4) is 11.8 Å². The number of carbonyl (C=O) groups is 1. The molecule has 1 aliphatic carbocycles. The van der Waals surface area contributed by atoms with Gasteiger partial charge in [-0.15, -0.1) is 0 Å². The molecule has 1 aromatic rings. The number of hydrogen-bond acceptors (Lipinski definition) is 3. The zero-order valence-corrected chi connectivity index (χ0v) is 17.1. The van der Waals surface area contributed by atoms with Gasteiger partial charge in [0, 0.05) is 16.0 Å². The fourth-order valence-electron chi connectivity index (χ4n) is 2.09. The molecule has 4 nitrogen and oxygen atoms in total. The van der Waals surface area contributed by atoms with Crippen LogP contribution in [0.4, 0.5) is 23.7 Å². The van der Waals surface area contributed by atoms with E-state index < -0.39 is 29.0 Å². The van der Waals surface area contributed by atoms with Gasteiger partial charge in [-0.1, -0.05) is 23.4 Å². The van der Waals surface area contributed by atoms with Gasteiger partial charge in [0.25, 0.3) is 0 Å². The normalized spacial score (nSPS) is 16.8. The van der Waals surface area contributed by atoms with Gasteiger partial charge in [-0.05, 0) is 61.7 Å². The van der Waals surface area contributed by atoms with Crippen LogP contribution in [0.5, 0.6) is 0 Å². The van der Waals surface area contributed by atoms with E-state index in [0.717, 1.165) is 12.1 Å². The standard InChI is InChI=1S/C18H18BrClF3NO3/c1-16(2,3)27-15(25)24-14-9-12(19)13(20)8-11(14)17(26,18(21,22)23)7-6-10-4-5-10/h8-10,26H,4-5H2,1-3H3,(H,24,25). The molecule has 1 amide bonds. The number of halogens is 5. The van der Waals surface area contributed by atoms with Crippen LogP contribution in [-0.2, 0) is 10.3 Å². The van der Waals surface area contributed by atoms with E-state index in [9.17, 15) is 23.1 Å². The molecule has 0 saturated heterocycles. The van der Waals surface area contributed by atoms with Crippen LogP contribution in [0.3, 0.4) is 0 Å². The molecule has 1 aliphatic rings. The topological polar surface area (TPSA) is 58.6 Å². The third-order valence-corrected chi connectivity index (χ3v) is 4.73. The first kappa shape index (κ1) is 21.9. The number of rotatable bonds is 2. The first-order valence-corrected chi connectivity index (χ1v) is 9.21. The van der Waals surface area contributed by atoms with E-state index in [4.69, 9.17) is 16.3 Å². The SMILES string of the molecule is CC(C)(C)OC(=O)Nc1cc(Br)c(Cl)cc1C(O)(C#CC1CC1)C(F)(F)F. The van der Waals surface area contributed by atoms with E-state index in [1.165, 1.54) is 0 Å². The van der Waals surface area contributed by atoms with E-state index >= 15 is 0 Å². The predicted octanol–water partition coefficient (Wildman–Crippen LogP) is 5.61. The highest BCUT2D eigenvalue weighted by Crippen LogP contribution is 2.44. The fraction of sp³-hybridized carbons (Fsp3) is 0.500. The summed E-state index contributed by atoms with van der Waals surface area (Å²) in [7, 11) is 0. The molecule has 2 rings (SSSR count). The van der Waals surface area contributed by atoms with Gasteiger partial charge in [-0.3, -0.25) is 5.32 Å². The maximum absolute atomic E-state index is 13.7. The smallest absolute Gasteiger partial charge is 0.433 e. The summed E-state index contributed by atoms with van der Waals surface area (Å²) in [6.45, 7) is 4.83. The molecule has 1 fully saturated rings. The zero-order valence-electron chi connectivity index (χ0n) is 14.8. The Bertz CT molecular complexity index is 807. The maximum Gasteiger partial charge on any atom is 0.433 e. The van der Waals surface area contributed by atoms with Crippen LogP contribution in [-0.4, -0.2) is 23.0 Å². The molecule has 1 aromatic carbocycles. The molecule has 0 aromatic heterocycles. The number of hydrogen-bond donors (Lipinski definition) is 2. The number of aliphatic hydroxyl groups is 1. The number of alkyl halides is 3. The third kappa shape index (κ3) is 5.53. The van der Waals surface area contributed by atoms with Gasteiger partial charge in [0.05, 0.1) is 10.7 Å². The van der Waals surface area contributed by atoms with Crippen LogP contribution in [0.2, 0.25) is 5.02 Å². The second kappa shape index (κ2) is 7.53. The van der Waals surface area contributed by atoms with Crippen molar-refractivity contribution in [2.45, 2.75) is 51.0 Å². The highest BCUT2D eigenvalue weighted by Gasteiger charge is 2.56. The van der Waals surface area contributed by atoms with E-state index in [1.54, 1.807) is 20.8 Å². The lowest BCUT2D eigenvalue weighted by molar-refractivity contribution is -0.240. The molecule has 1 saturated carbocycles. The van der Waals surface area contributed by atoms with Crippen LogP contribution >= 0.6 is 27.5 Å². The van der Waals surface area contributed by atoms with Crippen molar-refractivity contribution >= 4 is 39.3 Å². The Morgan fingerprint density at radius 2 is 1.93 bits per heavy atom. The molecule has 0 heterocycles. The van der Waals surface area contributed by atoms with Gasteiger partial charge in [0.1, 0.15) is 5.60 Å². The highest BCUT2D eigenvalue weighted by molar-refractivity contribution is 9.10. The molecular weight excluding hydrogens is 451 g/mol. The molecule has 0 aliphatic heterocycles. The minimum atomic E-state index is -5.11. The Kier molecular flexibility index (Phi) is 6.10. The van der Waals surface area contributed by atoms with Crippen LogP contribution in [0.1, 0.15) is 39.2 Å². The molecule has 1 unspecified atom stereocenters. The minimum Gasteiger partial charge on any atom is -0.444 e. The van der Waals surface area contributed by atoms with E-state index in [1.807, 2.05) is 5.92 Å². The zero-order chi connectivity index (χ0) is 20.6. The average Bonchev–Trinajstić information content (AvgIpc) is 3.29. The highest BCUT2D eigenvalue weighted by atomic mass is 79.9. The summed E-state index contributed by atoms with van der Waals surface area (Å²) >= 11 is 9.04. The van der Waals surface area contributed by atoms with Gasteiger partial charge in [0.2, 0.25) is 5.60 Å². The molecule has 27 heavy (non-hydrogen) atoms. The Morgan fingerprint density at radius 1 is 1.33 bits per heavy atom. The number of nitrogens with one attached hydrogen (secondary N) is 1. The Hall–Kier alpha value is -1.43. The van der Waals surface area contributed by atoms with Crippen molar-refractivity contribution in [2.75, 3.05) is 5.32 Å². The van der Waals surface area contributed by atoms with Gasteiger partial charge in [-0.2, -0.15) is 13.2 Å². The van der Waals surface area contributed by atoms with Crippen LogP contribution in [0.15, 0.2) is 16.6 Å². The lowest BCUT2D eigenvalue weighted by Gasteiger charge is -2.29. The number of benzene rings is 1. The van der Waals surface area contributed by atoms with Gasteiger partial charge < -0.3 is 9.84 Å². The van der Waals surface area contributed by atoms with E-state index in [2.05, 4.69) is 27.2 Å². The summed E-state index contributed by atoms with van der Waals surface area (Å²) in [5, 5.41) is 12.6. The number of ether oxygens (including phenoxy) is 1. The van der Waals surface area contributed by atoms with Crippen LogP contribution < -0.4 is 5.32 Å². The van der Waals surface area contributed by atoms with E-state index in [0.29, 0.717) is 12.8 Å². The van der Waals surface area contributed by atoms with E-state index in [-0.39, 0.29) is 21.1 Å². The summed E-state index contributed by atoms with van der Waals surface area (Å²) in [6, 6.07) is 2.09. The third-order valence-electron chi connectivity index (χ3n) is 3.53. The van der Waals surface area contributed by atoms with Crippen molar-refractivity contribution in [2.24, 2.45) is 5.92 Å². The Morgan fingerprint density at radius 3 is 2.41 bits per heavy atom. The number of amides is 1. The van der Waals surface area contributed by atoms with Crippen molar-refractivity contribution in [3.05, 3.63) is 27.2 Å². The first-order valence-electron chi connectivity index (χ1n) is 8.04. The first-order chi connectivity index (χ1) is 12.2. The van der Waals surface area contributed by atoms with Gasteiger partial charge in [0.15, 0.2) is 0 Å². The number of carbonyl (C=O) groups excluding carboxylic acids is 1. The van der Waals surface area contributed by atoms with Crippen molar-refractivity contribution in [1.29, 1.82) is 0 Å². The molecule has 0 spiro atoms. The summed E-state index contributed by atoms with van der Waals surface area (Å²) in [5.41, 5.74) is -5.35.